The summed E-state index contributed by atoms with van der Waals surface area (Å²) >= 11 is 0. The number of nitrogens with zero attached hydrogens (tertiary/aromatic N) is 1. The van der Waals surface area contributed by atoms with Gasteiger partial charge in [-0.05, 0) is 6.07 Å². The van der Waals surface area contributed by atoms with Crippen LogP contribution in [0.15, 0.2) is 18.2 Å². The normalized spacial score (nSPS) is 9.31. The quantitative estimate of drug-likeness (QED) is 0.437. The Morgan fingerprint density at radius 1 is 1.54 bits per heavy atom. The second-order valence-corrected chi connectivity index (χ2v) is 2.19. The van der Waals surface area contributed by atoms with Crippen LogP contribution in [0.25, 0.3) is 0 Å². The van der Waals surface area contributed by atoms with Crippen LogP contribution in [0.4, 0.5) is 15.8 Å². The van der Waals surface area contributed by atoms with Gasteiger partial charge in [-0.25, -0.2) is 0 Å². The summed E-state index contributed by atoms with van der Waals surface area (Å²) in [4.78, 5) is 19.3. The van der Waals surface area contributed by atoms with Crippen LogP contribution in [0.3, 0.4) is 0 Å². The van der Waals surface area contributed by atoms with Crippen LogP contribution in [-0.2, 0) is 4.79 Å². The summed E-state index contributed by atoms with van der Waals surface area (Å²) in [5.41, 5.74) is -0.436. The Labute approximate surface area is 72.3 Å². The Morgan fingerprint density at radius 2 is 2.23 bits per heavy atom. The number of nitro groups is 1. The summed E-state index contributed by atoms with van der Waals surface area (Å²) in [7, 11) is 0. The highest BCUT2D eigenvalue weighted by Crippen LogP contribution is 2.20. The van der Waals surface area contributed by atoms with Gasteiger partial charge in [-0.3, -0.25) is 14.9 Å². The number of nitro benzene ring substituents is 1. The average Bonchev–Trinajstić information content (AvgIpc) is 2.04. The summed E-state index contributed by atoms with van der Waals surface area (Å²) in [6.07, 6.45) is 0.362. The average molecular weight is 184 g/mol. The van der Waals surface area contributed by atoms with Crippen LogP contribution in [-0.4, -0.2) is 11.3 Å². The van der Waals surface area contributed by atoms with E-state index in [2.05, 4.69) is 5.32 Å². The lowest BCUT2D eigenvalue weighted by atomic mass is 10.3. The maximum absolute atomic E-state index is 12.8. The van der Waals surface area contributed by atoms with Crippen molar-refractivity contribution in [2.45, 2.75) is 0 Å². The lowest BCUT2D eigenvalue weighted by Gasteiger charge is -1.98. The molecule has 1 amide bonds. The van der Waals surface area contributed by atoms with E-state index < -0.39 is 16.4 Å². The Kier molecular flexibility index (Phi) is 2.53. The van der Waals surface area contributed by atoms with Gasteiger partial charge >= 0.3 is 5.69 Å². The lowest BCUT2D eigenvalue weighted by Crippen LogP contribution is -1.97. The number of benzene rings is 1. The van der Waals surface area contributed by atoms with Crippen LogP contribution >= 0.6 is 0 Å². The van der Waals surface area contributed by atoms with Crippen molar-refractivity contribution in [2.75, 3.05) is 5.32 Å². The maximum Gasteiger partial charge on any atom is 0.304 e. The number of halogens is 1. The topological polar surface area (TPSA) is 72.2 Å². The van der Waals surface area contributed by atoms with Gasteiger partial charge in [0.05, 0.1) is 4.92 Å². The molecular formula is C7H5FN2O3. The van der Waals surface area contributed by atoms with Crippen molar-refractivity contribution in [3.05, 3.63) is 34.1 Å². The highest BCUT2D eigenvalue weighted by molar-refractivity contribution is 5.71. The minimum atomic E-state index is -0.975. The van der Waals surface area contributed by atoms with Crippen LogP contribution in [0.1, 0.15) is 0 Å². The summed E-state index contributed by atoms with van der Waals surface area (Å²) in [6, 6.07) is 3.11. The molecule has 0 atom stereocenters. The van der Waals surface area contributed by atoms with Gasteiger partial charge in [0.1, 0.15) is 0 Å². The zero-order valence-corrected chi connectivity index (χ0v) is 6.36. The zero-order valence-electron chi connectivity index (χ0n) is 6.36. The fourth-order valence-corrected chi connectivity index (χ4v) is 0.813. The molecule has 0 heterocycles. The van der Waals surface area contributed by atoms with E-state index in [0.29, 0.717) is 6.41 Å². The Hall–Kier alpha value is -1.98. The SMILES string of the molecule is O=CNc1ccc([N+](=O)[O-])c(F)c1. The number of carbonyl (C=O) groups excluding carboxylic acids is 1. The molecule has 6 heteroatoms. The molecule has 0 bridgehead atoms. The molecule has 1 aromatic rings. The molecule has 1 aromatic carbocycles. The minimum Gasteiger partial charge on any atom is -0.329 e. The van der Waals surface area contributed by atoms with E-state index in [1.54, 1.807) is 0 Å². The van der Waals surface area contributed by atoms with Gasteiger partial charge in [0.2, 0.25) is 12.2 Å². The van der Waals surface area contributed by atoms with Gasteiger partial charge in [0.15, 0.2) is 0 Å². The highest BCUT2D eigenvalue weighted by Gasteiger charge is 2.13. The first-order valence-corrected chi connectivity index (χ1v) is 3.29. The van der Waals surface area contributed by atoms with Crippen molar-refractivity contribution in [3.8, 4) is 0 Å². The molecule has 0 unspecified atom stereocenters. The first-order valence-electron chi connectivity index (χ1n) is 3.29. The summed E-state index contributed by atoms with van der Waals surface area (Å²) in [5, 5.41) is 12.3. The number of carbonyl (C=O) groups is 1. The molecule has 1 N–H and O–H groups in total. The van der Waals surface area contributed by atoms with Crippen molar-refractivity contribution in [3.63, 3.8) is 0 Å². The monoisotopic (exact) mass is 184 g/mol. The number of hydrogen-bond acceptors (Lipinski definition) is 3. The van der Waals surface area contributed by atoms with Gasteiger partial charge in [-0.15, -0.1) is 0 Å². The van der Waals surface area contributed by atoms with Crippen molar-refractivity contribution >= 4 is 17.8 Å². The largest absolute Gasteiger partial charge is 0.329 e. The molecular weight excluding hydrogens is 179 g/mol. The van der Waals surface area contributed by atoms with E-state index in [1.807, 2.05) is 0 Å². The zero-order chi connectivity index (χ0) is 9.84. The molecule has 0 fully saturated rings. The Balaban J connectivity index is 3.05. The predicted octanol–water partition coefficient (Wildman–Crippen LogP) is 1.30. The molecule has 0 aliphatic heterocycles. The van der Waals surface area contributed by atoms with Crippen molar-refractivity contribution in [2.24, 2.45) is 0 Å². The van der Waals surface area contributed by atoms with Gasteiger partial charge in [0.25, 0.3) is 0 Å². The lowest BCUT2D eigenvalue weighted by molar-refractivity contribution is -0.387. The minimum absolute atomic E-state index is 0.179. The molecule has 1 rings (SSSR count). The molecule has 0 spiro atoms. The first-order chi connectivity index (χ1) is 6.15. The van der Waals surface area contributed by atoms with Crippen molar-refractivity contribution in [1.82, 2.24) is 0 Å². The molecule has 0 saturated heterocycles. The molecule has 13 heavy (non-hydrogen) atoms. The smallest absolute Gasteiger partial charge is 0.304 e. The van der Waals surface area contributed by atoms with Crippen LogP contribution in [0.2, 0.25) is 0 Å². The molecule has 0 aromatic heterocycles. The third-order valence-corrected chi connectivity index (χ3v) is 1.37. The number of hydrogen-bond donors (Lipinski definition) is 1. The van der Waals surface area contributed by atoms with E-state index in [1.165, 1.54) is 6.07 Å². The third-order valence-electron chi connectivity index (χ3n) is 1.37. The van der Waals surface area contributed by atoms with Crippen LogP contribution in [0, 0.1) is 15.9 Å². The summed E-state index contributed by atoms with van der Waals surface area (Å²) in [6.45, 7) is 0. The highest BCUT2D eigenvalue weighted by atomic mass is 19.1. The van der Waals surface area contributed by atoms with E-state index in [4.69, 9.17) is 0 Å². The molecule has 0 aliphatic rings. The summed E-state index contributed by atoms with van der Waals surface area (Å²) in [5.74, 6) is -0.975. The number of nitrogens with one attached hydrogen (secondary N) is 1. The van der Waals surface area contributed by atoms with Crippen molar-refractivity contribution in [1.29, 1.82) is 0 Å². The van der Waals surface area contributed by atoms with E-state index in [9.17, 15) is 19.3 Å². The molecule has 68 valence electrons. The fraction of sp³-hybridized carbons (Fsp3) is 0. The second kappa shape index (κ2) is 3.61. The molecule has 0 saturated carbocycles. The molecule has 5 nitrogen and oxygen atoms in total. The Bertz CT molecular complexity index is 354. The third kappa shape index (κ3) is 1.98. The standard InChI is InChI=1S/C7H5FN2O3/c8-6-3-5(9-4-11)1-2-7(6)10(12)13/h1-4H,(H,9,11). The van der Waals surface area contributed by atoms with Crippen LogP contribution < -0.4 is 5.32 Å². The van der Waals surface area contributed by atoms with E-state index in [0.717, 1.165) is 12.1 Å². The number of anilines is 1. The van der Waals surface area contributed by atoms with Crippen LogP contribution in [0.5, 0.6) is 0 Å². The van der Waals surface area contributed by atoms with Gasteiger partial charge in [-0.2, -0.15) is 4.39 Å². The van der Waals surface area contributed by atoms with Gasteiger partial charge in [0, 0.05) is 17.8 Å². The Morgan fingerprint density at radius 3 is 2.69 bits per heavy atom. The predicted molar refractivity (Wildman–Crippen MR) is 42.7 cm³/mol. The van der Waals surface area contributed by atoms with Gasteiger partial charge in [-0.1, -0.05) is 0 Å². The van der Waals surface area contributed by atoms with Crippen molar-refractivity contribution < 1.29 is 14.1 Å². The second-order valence-electron chi connectivity index (χ2n) is 2.19. The van der Waals surface area contributed by atoms with E-state index >= 15 is 0 Å². The molecule has 0 radical (unpaired) electrons. The van der Waals surface area contributed by atoms with E-state index in [-0.39, 0.29) is 5.69 Å². The summed E-state index contributed by atoms with van der Waals surface area (Å²) < 4.78 is 12.8. The van der Waals surface area contributed by atoms with Gasteiger partial charge < -0.3 is 5.32 Å². The first kappa shape index (κ1) is 9.11. The number of amides is 1. The fourth-order valence-electron chi connectivity index (χ4n) is 0.813. The number of rotatable bonds is 3. The maximum atomic E-state index is 12.8. The molecule has 0 aliphatic carbocycles.